The molecule has 0 bridgehead atoms. The summed E-state index contributed by atoms with van der Waals surface area (Å²) in [7, 11) is 0. The van der Waals surface area contributed by atoms with Crippen molar-refractivity contribution in [1.82, 2.24) is 0 Å². The monoisotopic (exact) mass is 207 g/mol. The quantitative estimate of drug-likeness (QED) is 0.723. The van der Waals surface area contributed by atoms with Crippen LogP contribution in [0, 0.1) is 0 Å². The first-order chi connectivity index (χ1) is 7.29. The fraction of sp³-hybridized carbons (Fsp3) is 0.538. The van der Waals surface area contributed by atoms with Crippen molar-refractivity contribution < 1.29 is 5.11 Å². The zero-order valence-electron chi connectivity index (χ0n) is 9.74. The van der Waals surface area contributed by atoms with Gasteiger partial charge in [-0.2, -0.15) is 0 Å². The Labute approximate surface area is 92.5 Å². The molecule has 0 unspecified atom stereocenters. The second-order valence-electron chi connectivity index (χ2n) is 3.78. The maximum atomic E-state index is 9.73. The molecule has 0 aliphatic heterocycles. The zero-order chi connectivity index (χ0) is 11.1. The van der Waals surface area contributed by atoms with Gasteiger partial charge in [-0.1, -0.05) is 31.9 Å². The molecule has 2 nitrogen and oxygen atoms in total. The van der Waals surface area contributed by atoms with Gasteiger partial charge in [0.2, 0.25) is 0 Å². The molecule has 1 rings (SSSR count). The Morgan fingerprint density at radius 3 is 2.47 bits per heavy atom. The van der Waals surface area contributed by atoms with Crippen molar-refractivity contribution in [2.45, 2.75) is 33.1 Å². The number of rotatable bonds is 6. The fourth-order valence-electron chi connectivity index (χ4n) is 1.73. The average Bonchev–Trinajstić information content (AvgIpc) is 2.26. The molecule has 0 amide bonds. The van der Waals surface area contributed by atoms with E-state index in [4.69, 9.17) is 0 Å². The van der Waals surface area contributed by atoms with Gasteiger partial charge >= 0.3 is 0 Å². The molecule has 0 fully saturated rings. The van der Waals surface area contributed by atoms with E-state index in [1.807, 2.05) is 18.2 Å². The molecule has 0 spiro atoms. The maximum Gasteiger partial charge on any atom is 0.138 e. The Morgan fingerprint density at radius 1 is 1.13 bits per heavy atom. The molecule has 0 heterocycles. The van der Waals surface area contributed by atoms with Crippen molar-refractivity contribution in [2.75, 3.05) is 18.0 Å². The molecule has 1 N–H and O–H groups in total. The highest BCUT2D eigenvalue weighted by Crippen LogP contribution is 2.26. The van der Waals surface area contributed by atoms with E-state index in [1.165, 1.54) is 19.3 Å². The molecule has 0 atom stereocenters. The van der Waals surface area contributed by atoms with Crippen molar-refractivity contribution in [3.8, 4) is 5.75 Å². The van der Waals surface area contributed by atoms with Crippen LogP contribution in [0.4, 0.5) is 5.69 Å². The summed E-state index contributed by atoms with van der Waals surface area (Å²) in [5.74, 6) is 0.385. The van der Waals surface area contributed by atoms with E-state index >= 15 is 0 Å². The number of para-hydroxylation sites is 2. The largest absolute Gasteiger partial charge is 0.506 e. The predicted molar refractivity (Wildman–Crippen MR) is 65.5 cm³/mol. The van der Waals surface area contributed by atoms with Crippen LogP contribution in [0.2, 0.25) is 0 Å². The SMILES string of the molecule is CCCCCN(CC)c1ccccc1O. The first kappa shape index (κ1) is 11.9. The Bertz CT molecular complexity index is 286. The second-order valence-corrected chi connectivity index (χ2v) is 3.78. The Hall–Kier alpha value is -1.18. The van der Waals surface area contributed by atoms with Gasteiger partial charge in [0.05, 0.1) is 5.69 Å². The van der Waals surface area contributed by atoms with E-state index < -0.39 is 0 Å². The average molecular weight is 207 g/mol. The van der Waals surface area contributed by atoms with Gasteiger partial charge < -0.3 is 10.0 Å². The molecular weight excluding hydrogens is 186 g/mol. The maximum absolute atomic E-state index is 9.73. The molecule has 84 valence electrons. The van der Waals surface area contributed by atoms with E-state index in [1.54, 1.807) is 6.07 Å². The molecule has 0 saturated heterocycles. The standard InChI is InChI=1S/C13H21NO/c1-3-5-8-11-14(4-2)12-9-6-7-10-13(12)15/h6-7,9-10,15H,3-5,8,11H2,1-2H3. The highest BCUT2D eigenvalue weighted by molar-refractivity contribution is 5.57. The molecule has 1 aromatic rings. The summed E-state index contributed by atoms with van der Waals surface area (Å²) in [6.45, 7) is 6.30. The van der Waals surface area contributed by atoms with Crippen molar-refractivity contribution >= 4 is 5.69 Å². The van der Waals surface area contributed by atoms with Crippen LogP contribution < -0.4 is 4.90 Å². The lowest BCUT2D eigenvalue weighted by atomic mass is 10.2. The van der Waals surface area contributed by atoms with Gasteiger partial charge in [0.1, 0.15) is 5.75 Å². The van der Waals surface area contributed by atoms with Crippen LogP contribution in [-0.4, -0.2) is 18.2 Å². The summed E-state index contributed by atoms with van der Waals surface area (Å²) in [5.41, 5.74) is 0.955. The number of phenolic OH excluding ortho intramolecular Hbond substituents is 1. The van der Waals surface area contributed by atoms with E-state index in [2.05, 4.69) is 18.7 Å². The number of hydrogen-bond donors (Lipinski definition) is 1. The number of anilines is 1. The first-order valence-corrected chi connectivity index (χ1v) is 5.82. The van der Waals surface area contributed by atoms with Gasteiger partial charge in [0.15, 0.2) is 0 Å². The highest BCUT2D eigenvalue weighted by atomic mass is 16.3. The molecule has 0 radical (unpaired) electrons. The smallest absolute Gasteiger partial charge is 0.138 e. The Morgan fingerprint density at radius 2 is 1.87 bits per heavy atom. The van der Waals surface area contributed by atoms with Gasteiger partial charge in [0, 0.05) is 13.1 Å². The third kappa shape index (κ3) is 3.46. The van der Waals surface area contributed by atoms with Crippen LogP contribution in [-0.2, 0) is 0 Å². The summed E-state index contributed by atoms with van der Waals surface area (Å²) in [6.07, 6.45) is 3.68. The molecule has 0 saturated carbocycles. The third-order valence-corrected chi connectivity index (χ3v) is 2.64. The summed E-state index contributed by atoms with van der Waals surface area (Å²) in [6, 6.07) is 7.55. The van der Waals surface area contributed by atoms with Crippen molar-refractivity contribution in [2.24, 2.45) is 0 Å². The molecule has 0 aliphatic carbocycles. The number of unbranched alkanes of at least 4 members (excludes halogenated alkanes) is 2. The van der Waals surface area contributed by atoms with E-state index in [-0.39, 0.29) is 0 Å². The minimum Gasteiger partial charge on any atom is -0.506 e. The second kappa shape index (κ2) is 6.33. The summed E-state index contributed by atoms with van der Waals surface area (Å²) >= 11 is 0. The normalized spacial score (nSPS) is 10.3. The minimum absolute atomic E-state index is 0.385. The molecule has 0 aliphatic rings. The van der Waals surface area contributed by atoms with E-state index in [0.717, 1.165) is 18.8 Å². The summed E-state index contributed by atoms with van der Waals surface area (Å²) in [4.78, 5) is 2.23. The molecule has 0 aromatic heterocycles. The van der Waals surface area contributed by atoms with Gasteiger partial charge in [-0.3, -0.25) is 0 Å². The van der Waals surface area contributed by atoms with Gasteiger partial charge in [-0.25, -0.2) is 0 Å². The number of phenols is 1. The zero-order valence-corrected chi connectivity index (χ0v) is 9.74. The molecule has 15 heavy (non-hydrogen) atoms. The fourth-order valence-corrected chi connectivity index (χ4v) is 1.73. The van der Waals surface area contributed by atoms with E-state index in [0.29, 0.717) is 5.75 Å². The number of benzene rings is 1. The predicted octanol–water partition coefficient (Wildman–Crippen LogP) is 3.41. The topological polar surface area (TPSA) is 23.5 Å². The van der Waals surface area contributed by atoms with Crippen molar-refractivity contribution in [3.05, 3.63) is 24.3 Å². The summed E-state index contributed by atoms with van der Waals surface area (Å²) < 4.78 is 0. The van der Waals surface area contributed by atoms with Crippen LogP contribution in [0.5, 0.6) is 5.75 Å². The minimum atomic E-state index is 0.385. The van der Waals surface area contributed by atoms with Crippen LogP contribution in [0.1, 0.15) is 33.1 Å². The van der Waals surface area contributed by atoms with Crippen LogP contribution in [0.25, 0.3) is 0 Å². The molecule has 2 heteroatoms. The van der Waals surface area contributed by atoms with Crippen LogP contribution >= 0.6 is 0 Å². The van der Waals surface area contributed by atoms with Crippen molar-refractivity contribution in [3.63, 3.8) is 0 Å². The lowest BCUT2D eigenvalue weighted by molar-refractivity contribution is 0.473. The van der Waals surface area contributed by atoms with Crippen LogP contribution in [0.15, 0.2) is 24.3 Å². The lowest BCUT2D eigenvalue weighted by Crippen LogP contribution is -2.23. The van der Waals surface area contributed by atoms with Crippen molar-refractivity contribution in [1.29, 1.82) is 0 Å². The lowest BCUT2D eigenvalue weighted by Gasteiger charge is -2.23. The van der Waals surface area contributed by atoms with Gasteiger partial charge in [0.25, 0.3) is 0 Å². The number of nitrogens with zero attached hydrogens (tertiary/aromatic N) is 1. The first-order valence-electron chi connectivity index (χ1n) is 5.82. The molecular formula is C13H21NO. The van der Waals surface area contributed by atoms with Gasteiger partial charge in [-0.15, -0.1) is 0 Å². The van der Waals surface area contributed by atoms with Crippen LogP contribution in [0.3, 0.4) is 0 Å². The van der Waals surface area contributed by atoms with Gasteiger partial charge in [-0.05, 0) is 25.5 Å². The summed E-state index contributed by atoms with van der Waals surface area (Å²) in [5, 5.41) is 9.73. The Kier molecular flexibility index (Phi) is 5.02. The number of aromatic hydroxyl groups is 1. The molecule has 1 aromatic carbocycles. The Balaban J connectivity index is 2.61. The van der Waals surface area contributed by atoms with E-state index in [9.17, 15) is 5.11 Å². The third-order valence-electron chi connectivity index (χ3n) is 2.64. The number of hydrogen-bond acceptors (Lipinski definition) is 2. The highest BCUT2D eigenvalue weighted by Gasteiger charge is 2.07.